The van der Waals surface area contributed by atoms with Crippen molar-refractivity contribution >= 4 is 39.4 Å². The number of benzene rings is 3. The Kier molecular flexibility index (Phi) is 5.55. The molecule has 4 rings (SSSR count). The fraction of sp³-hybridized carbons (Fsp3) is 0. The van der Waals surface area contributed by atoms with Gasteiger partial charge in [0.05, 0.1) is 17.6 Å². The highest BCUT2D eigenvalue weighted by atomic mass is 79.9. The summed E-state index contributed by atoms with van der Waals surface area (Å²) in [6.07, 6.45) is 3.74. The molecule has 0 aliphatic heterocycles. The van der Waals surface area contributed by atoms with Crippen molar-refractivity contribution in [1.82, 2.24) is 9.78 Å². The van der Waals surface area contributed by atoms with Gasteiger partial charge in [-0.15, -0.1) is 0 Å². The zero-order chi connectivity index (χ0) is 19.3. The third-order valence-corrected chi connectivity index (χ3v) is 4.87. The van der Waals surface area contributed by atoms with Gasteiger partial charge in [-0.25, -0.2) is 4.68 Å². The van der Waals surface area contributed by atoms with Crippen molar-refractivity contribution in [2.45, 2.75) is 0 Å². The molecule has 0 saturated carbocycles. The van der Waals surface area contributed by atoms with Gasteiger partial charge >= 0.3 is 0 Å². The molecule has 3 aromatic carbocycles. The molecule has 0 aliphatic rings. The Balaban J connectivity index is 1.68. The number of anilines is 1. The molecule has 0 aliphatic carbocycles. The van der Waals surface area contributed by atoms with Gasteiger partial charge in [-0.2, -0.15) is 10.2 Å². The molecule has 1 aromatic heterocycles. The van der Waals surface area contributed by atoms with E-state index in [4.69, 9.17) is 16.7 Å². The summed E-state index contributed by atoms with van der Waals surface area (Å²) in [5.74, 6) is 0. The number of aromatic nitrogens is 2. The Morgan fingerprint density at radius 2 is 1.75 bits per heavy atom. The van der Waals surface area contributed by atoms with E-state index in [1.54, 1.807) is 6.21 Å². The first-order valence-corrected chi connectivity index (χ1v) is 9.82. The SMILES string of the molecule is Clc1cccc(N/N=C/c2cn(-c3ccccc3)nc2-c2ccc(Br)cc2)c1. The predicted molar refractivity (Wildman–Crippen MR) is 119 cm³/mol. The van der Waals surface area contributed by atoms with Gasteiger partial charge in [-0.3, -0.25) is 5.43 Å². The molecule has 0 amide bonds. The zero-order valence-electron chi connectivity index (χ0n) is 14.8. The van der Waals surface area contributed by atoms with Crippen LogP contribution in [0.1, 0.15) is 5.56 Å². The van der Waals surface area contributed by atoms with Crippen molar-refractivity contribution in [3.05, 3.63) is 100 Å². The molecule has 0 bridgehead atoms. The lowest BCUT2D eigenvalue weighted by Gasteiger charge is -2.01. The van der Waals surface area contributed by atoms with Crippen molar-refractivity contribution in [3.63, 3.8) is 0 Å². The normalized spacial score (nSPS) is 11.1. The van der Waals surface area contributed by atoms with Gasteiger partial charge < -0.3 is 0 Å². The van der Waals surface area contributed by atoms with Gasteiger partial charge in [0.2, 0.25) is 0 Å². The largest absolute Gasteiger partial charge is 0.278 e. The minimum atomic E-state index is 0.660. The van der Waals surface area contributed by atoms with Crippen LogP contribution in [0.4, 0.5) is 5.69 Å². The summed E-state index contributed by atoms with van der Waals surface area (Å²) in [7, 11) is 0. The second-order valence-electron chi connectivity index (χ2n) is 6.10. The van der Waals surface area contributed by atoms with E-state index in [0.29, 0.717) is 5.02 Å². The fourth-order valence-electron chi connectivity index (χ4n) is 2.76. The first-order valence-electron chi connectivity index (χ1n) is 8.65. The number of hydrazone groups is 1. The maximum absolute atomic E-state index is 6.02. The van der Waals surface area contributed by atoms with E-state index in [9.17, 15) is 0 Å². The maximum Gasteiger partial charge on any atom is 0.102 e. The summed E-state index contributed by atoms with van der Waals surface area (Å²) in [6, 6.07) is 25.5. The highest BCUT2D eigenvalue weighted by molar-refractivity contribution is 9.10. The minimum Gasteiger partial charge on any atom is -0.278 e. The summed E-state index contributed by atoms with van der Waals surface area (Å²) in [5.41, 5.74) is 7.60. The average molecular weight is 452 g/mol. The molecule has 0 atom stereocenters. The van der Waals surface area contributed by atoms with Crippen LogP contribution in [0, 0.1) is 0 Å². The van der Waals surface area contributed by atoms with Gasteiger partial charge in [-0.05, 0) is 42.5 Å². The third kappa shape index (κ3) is 4.32. The van der Waals surface area contributed by atoms with Gasteiger partial charge in [0.1, 0.15) is 5.69 Å². The lowest BCUT2D eigenvalue weighted by molar-refractivity contribution is 0.884. The van der Waals surface area contributed by atoms with Crippen LogP contribution in [0.2, 0.25) is 5.02 Å². The number of halogens is 2. The molecule has 6 heteroatoms. The quantitative estimate of drug-likeness (QED) is 0.282. The molecule has 0 radical (unpaired) electrons. The lowest BCUT2D eigenvalue weighted by Crippen LogP contribution is -1.93. The lowest BCUT2D eigenvalue weighted by atomic mass is 10.1. The monoisotopic (exact) mass is 450 g/mol. The molecule has 1 N–H and O–H groups in total. The molecule has 1 heterocycles. The summed E-state index contributed by atoms with van der Waals surface area (Å²) < 4.78 is 2.88. The Labute approximate surface area is 176 Å². The number of hydrogen-bond acceptors (Lipinski definition) is 3. The number of rotatable bonds is 5. The average Bonchev–Trinajstić information content (AvgIpc) is 3.13. The number of para-hydroxylation sites is 1. The highest BCUT2D eigenvalue weighted by Gasteiger charge is 2.11. The van der Waals surface area contributed by atoms with Crippen molar-refractivity contribution in [2.75, 3.05) is 5.43 Å². The molecule has 28 heavy (non-hydrogen) atoms. The summed E-state index contributed by atoms with van der Waals surface area (Å²) in [6.45, 7) is 0. The minimum absolute atomic E-state index is 0.660. The van der Waals surface area contributed by atoms with Gasteiger partial charge in [0, 0.05) is 26.8 Å². The molecule has 0 unspecified atom stereocenters. The molecule has 0 saturated heterocycles. The first-order chi connectivity index (χ1) is 13.7. The second kappa shape index (κ2) is 8.42. The van der Waals surface area contributed by atoms with Crippen LogP contribution < -0.4 is 5.43 Å². The summed E-state index contributed by atoms with van der Waals surface area (Å²) >= 11 is 9.50. The first kappa shape index (κ1) is 18.5. The van der Waals surface area contributed by atoms with Crippen LogP contribution in [-0.4, -0.2) is 16.0 Å². The Morgan fingerprint density at radius 1 is 0.964 bits per heavy atom. The molecule has 4 aromatic rings. The number of nitrogens with zero attached hydrogens (tertiary/aromatic N) is 3. The van der Waals surface area contributed by atoms with E-state index in [0.717, 1.165) is 32.7 Å². The van der Waals surface area contributed by atoms with E-state index >= 15 is 0 Å². The van der Waals surface area contributed by atoms with Crippen molar-refractivity contribution in [3.8, 4) is 16.9 Å². The number of hydrogen-bond donors (Lipinski definition) is 1. The summed E-state index contributed by atoms with van der Waals surface area (Å²) in [4.78, 5) is 0. The molecule has 0 spiro atoms. The third-order valence-electron chi connectivity index (χ3n) is 4.10. The van der Waals surface area contributed by atoms with E-state index in [1.807, 2.05) is 89.7 Å². The van der Waals surface area contributed by atoms with Crippen molar-refractivity contribution in [1.29, 1.82) is 0 Å². The fourth-order valence-corrected chi connectivity index (χ4v) is 3.22. The maximum atomic E-state index is 6.02. The predicted octanol–water partition coefficient (Wildman–Crippen LogP) is 6.40. The molecular weight excluding hydrogens is 436 g/mol. The standard InChI is InChI=1S/C22H16BrClN4/c23-18-11-9-16(10-12-18)22-17(14-25-26-20-6-4-5-19(24)13-20)15-28(27-22)21-7-2-1-3-8-21/h1-15,26H/b25-14+. The second-order valence-corrected chi connectivity index (χ2v) is 7.45. The van der Waals surface area contributed by atoms with Gasteiger partial charge in [0.15, 0.2) is 0 Å². The van der Waals surface area contributed by atoms with E-state index in [1.165, 1.54) is 0 Å². The number of nitrogens with one attached hydrogen (secondary N) is 1. The van der Waals surface area contributed by atoms with E-state index < -0.39 is 0 Å². The van der Waals surface area contributed by atoms with Gasteiger partial charge in [0.25, 0.3) is 0 Å². The highest BCUT2D eigenvalue weighted by Crippen LogP contribution is 2.24. The molecule has 138 valence electrons. The van der Waals surface area contributed by atoms with Crippen LogP contribution in [-0.2, 0) is 0 Å². The zero-order valence-corrected chi connectivity index (χ0v) is 17.1. The van der Waals surface area contributed by atoms with Crippen molar-refractivity contribution < 1.29 is 0 Å². The van der Waals surface area contributed by atoms with Crippen LogP contribution in [0.3, 0.4) is 0 Å². The molecule has 4 nitrogen and oxygen atoms in total. The molecular formula is C22H16BrClN4. The Morgan fingerprint density at radius 3 is 2.50 bits per heavy atom. The topological polar surface area (TPSA) is 42.2 Å². The van der Waals surface area contributed by atoms with Crippen LogP contribution in [0.25, 0.3) is 16.9 Å². The van der Waals surface area contributed by atoms with Crippen molar-refractivity contribution in [2.24, 2.45) is 5.10 Å². The van der Waals surface area contributed by atoms with E-state index in [-0.39, 0.29) is 0 Å². The molecule has 0 fully saturated rings. The Bertz CT molecular complexity index is 1110. The van der Waals surface area contributed by atoms with E-state index in [2.05, 4.69) is 26.5 Å². The summed E-state index contributed by atoms with van der Waals surface area (Å²) in [5, 5.41) is 9.81. The Hall–Kier alpha value is -2.89. The van der Waals surface area contributed by atoms with Gasteiger partial charge in [-0.1, -0.05) is 63.9 Å². The smallest absolute Gasteiger partial charge is 0.102 e. The van der Waals surface area contributed by atoms with Crippen LogP contribution in [0.5, 0.6) is 0 Å². The van der Waals surface area contributed by atoms with Crippen LogP contribution in [0.15, 0.2) is 94.6 Å². The van der Waals surface area contributed by atoms with Crippen LogP contribution >= 0.6 is 27.5 Å².